The first kappa shape index (κ1) is 21.4. The monoisotopic (exact) mass is 401 g/mol. The maximum absolute atomic E-state index is 12.2. The number of aliphatic hydroxyl groups excluding tert-OH is 1. The van der Waals surface area contributed by atoms with E-state index in [-0.39, 0.29) is 6.61 Å². The minimum atomic E-state index is -1.03. The van der Waals surface area contributed by atoms with Crippen molar-refractivity contribution in [2.24, 2.45) is 5.73 Å². The molecule has 0 amide bonds. The molecular weight excluding hydrogens is 374 g/mol. The van der Waals surface area contributed by atoms with Crippen LogP contribution < -0.4 is 5.73 Å². The maximum atomic E-state index is 12.2. The van der Waals surface area contributed by atoms with Gasteiger partial charge >= 0.3 is 5.97 Å². The van der Waals surface area contributed by atoms with E-state index in [1.54, 1.807) is 24.3 Å². The normalized spacial score (nSPS) is 27.2. The van der Waals surface area contributed by atoms with Crippen molar-refractivity contribution in [1.29, 1.82) is 0 Å². The molecule has 0 aromatic heterocycles. The number of esters is 1. The summed E-state index contributed by atoms with van der Waals surface area (Å²) in [6, 6.07) is 17.8. The van der Waals surface area contributed by atoms with Crippen molar-refractivity contribution >= 4 is 5.97 Å². The van der Waals surface area contributed by atoms with Crippen molar-refractivity contribution in [2.75, 3.05) is 13.7 Å². The average Bonchev–Trinajstić information content (AvgIpc) is 2.88. The number of benzene rings is 2. The van der Waals surface area contributed by atoms with E-state index in [1.807, 2.05) is 36.4 Å². The summed E-state index contributed by atoms with van der Waals surface area (Å²) < 4.78 is 22.4. The molecule has 2 aromatic carbocycles. The molecular formula is C22H27NO6. The lowest BCUT2D eigenvalue weighted by Crippen LogP contribution is -2.42. The van der Waals surface area contributed by atoms with Gasteiger partial charge in [-0.25, -0.2) is 4.79 Å². The van der Waals surface area contributed by atoms with Crippen molar-refractivity contribution < 1.29 is 28.8 Å². The second-order valence-electron chi connectivity index (χ2n) is 6.97. The van der Waals surface area contributed by atoms with Crippen LogP contribution in [0.4, 0.5) is 0 Å². The molecule has 2 unspecified atom stereocenters. The van der Waals surface area contributed by atoms with E-state index in [1.165, 1.54) is 7.11 Å². The first-order valence-electron chi connectivity index (χ1n) is 9.58. The predicted molar refractivity (Wildman–Crippen MR) is 106 cm³/mol. The second-order valence-corrected chi connectivity index (χ2v) is 6.97. The summed E-state index contributed by atoms with van der Waals surface area (Å²) in [5.41, 5.74) is 7.58. The Balaban J connectivity index is 1.66. The lowest BCUT2D eigenvalue weighted by atomic mass is 10.0. The van der Waals surface area contributed by atoms with Crippen molar-refractivity contribution in [2.45, 2.75) is 43.7 Å². The summed E-state index contributed by atoms with van der Waals surface area (Å²) in [5, 5.41) is 10.8. The van der Waals surface area contributed by atoms with Gasteiger partial charge in [0, 0.05) is 7.11 Å². The molecule has 0 aliphatic carbocycles. The number of carbonyl (C=O) groups excluding carboxylic acids is 1. The van der Waals surface area contributed by atoms with Crippen LogP contribution in [-0.2, 0) is 25.6 Å². The highest BCUT2D eigenvalue weighted by atomic mass is 16.7. The van der Waals surface area contributed by atoms with E-state index in [9.17, 15) is 9.90 Å². The second kappa shape index (κ2) is 10.5. The number of carbonyl (C=O) groups is 1. The Hall–Kier alpha value is -2.29. The summed E-state index contributed by atoms with van der Waals surface area (Å²) in [5.74, 6) is -0.495. The Bertz CT molecular complexity index is 756. The van der Waals surface area contributed by atoms with Gasteiger partial charge in [0.05, 0.1) is 24.3 Å². The number of rotatable bonds is 7. The summed E-state index contributed by atoms with van der Waals surface area (Å²) in [4.78, 5) is 12.2. The Morgan fingerprint density at radius 3 is 2.45 bits per heavy atom. The van der Waals surface area contributed by atoms with Gasteiger partial charge in [0.15, 0.2) is 6.29 Å². The van der Waals surface area contributed by atoms with E-state index in [0.29, 0.717) is 18.6 Å². The van der Waals surface area contributed by atoms with Gasteiger partial charge in [-0.15, -0.1) is 0 Å². The van der Waals surface area contributed by atoms with Crippen LogP contribution in [0.1, 0.15) is 22.3 Å². The van der Waals surface area contributed by atoms with E-state index in [2.05, 4.69) is 0 Å². The fourth-order valence-electron chi connectivity index (χ4n) is 3.24. The zero-order valence-electron chi connectivity index (χ0n) is 16.3. The van der Waals surface area contributed by atoms with Gasteiger partial charge in [-0.3, -0.25) is 0 Å². The number of hydrogen-bond acceptors (Lipinski definition) is 7. The smallest absolute Gasteiger partial charge is 0.338 e. The molecule has 0 spiro atoms. The first-order valence-corrected chi connectivity index (χ1v) is 9.58. The Labute approximate surface area is 170 Å². The summed E-state index contributed by atoms with van der Waals surface area (Å²) in [6.07, 6.45) is -2.85. The van der Waals surface area contributed by atoms with E-state index >= 15 is 0 Å². The van der Waals surface area contributed by atoms with Gasteiger partial charge in [-0.1, -0.05) is 48.5 Å². The van der Waals surface area contributed by atoms with Crippen LogP contribution in [0.3, 0.4) is 0 Å². The number of hydrogen-bond donors (Lipinski definition) is 2. The molecule has 1 heterocycles. The van der Waals surface area contributed by atoms with Crippen molar-refractivity contribution in [3.05, 3.63) is 71.8 Å². The molecule has 1 fully saturated rings. The zero-order chi connectivity index (χ0) is 20.6. The first-order chi connectivity index (χ1) is 14.1. The van der Waals surface area contributed by atoms with Crippen LogP contribution >= 0.6 is 0 Å². The predicted octanol–water partition coefficient (Wildman–Crippen LogP) is 1.88. The third kappa shape index (κ3) is 5.85. The molecule has 0 saturated carbocycles. The van der Waals surface area contributed by atoms with Crippen molar-refractivity contribution in [3.8, 4) is 0 Å². The third-order valence-corrected chi connectivity index (χ3v) is 4.85. The van der Waals surface area contributed by atoms with Crippen LogP contribution in [0, 0.1) is 0 Å². The fraction of sp³-hybridized carbons (Fsp3) is 0.409. The minimum Gasteiger partial charge on any atom is -0.459 e. The average molecular weight is 401 g/mol. The Kier molecular flexibility index (Phi) is 7.74. The lowest BCUT2D eigenvalue weighted by Gasteiger charge is -2.27. The summed E-state index contributed by atoms with van der Waals surface area (Å²) >= 11 is 0. The van der Waals surface area contributed by atoms with Crippen LogP contribution in [-0.4, -0.2) is 55.4 Å². The van der Waals surface area contributed by atoms with Crippen LogP contribution in [0.5, 0.6) is 0 Å². The molecule has 1 aliphatic heterocycles. The minimum absolute atomic E-state index is 0.146. The number of methoxy groups -OCH3 is 1. The quantitative estimate of drug-likeness (QED) is 0.683. The summed E-state index contributed by atoms with van der Waals surface area (Å²) in [7, 11) is 1.48. The van der Waals surface area contributed by atoms with Crippen molar-refractivity contribution in [1.82, 2.24) is 0 Å². The molecule has 5 atom stereocenters. The molecule has 0 radical (unpaired) electrons. The highest BCUT2D eigenvalue weighted by Gasteiger charge is 2.39. The topological polar surface area (TPSA) is 100 Å². The molecule has 7 nitrogen and oxygen atoms in total. The molecule has 7 heteroatoms. The van der Waals surface area contributed by atoms with Gasteiger partial charge in [0.25, 0.3) is 0 Å². The molecule has 3 rings (SSSR count). The largest absolute Gasteiger partial charge is 0.459 e. The molecule has 0 bridgehead atoms. The van der Waals surface area contributed by atoms with E-state index in [0.717, 1.165) is 5.56 Å². The highest BCUT2D eigenvalue weighted by Crippen LogP contribution is 2.23. The van der Waals surface area contributed by atoms with E-state index < -0.39 is 36.6 Å². The van der Waals surface area contributed by atoms with Crippen molar-refractivity contribution in [3.63, 3.8) is 0 Å². The van der Waals surface area contributed by atoms with Gasteiger partial charge < -0.3 is 29.8 Å². The molecule has 1 saturated heterocycles. The third-order valence-electron chi connectivity index (χ3n) is 4.85. The number of nitrogens with two attached hydrogens (primary N) is 1. The van der Waals surface area contributed by atoms with Gasteiger partial charge in [-0.2, -0.15) is 0 Å². The lowest BCUT2D eigenvalue weighted by molar-refractivity contribution is -0.192. The summed E-state index contributed by atoms with van der Waals surface area (Å²) in [6.45, 7) is 0.177. The maximum Gasteiger partial charge on any atom is 0.338 e. The molecule has 156 valence electrons. The van der Waals surface area contributed by atoms with Gasteiger partial charge in [0.2, 0.25) is 0 Å². The number of ether oxygens (including phenoxy) is 4. The molecule has 29 heavy (non-hydrogen) atoms. The van der Waals surface area contributed by atoms with Crippen LogP contribution in [0.15, 0.2) is 60.7 Å². The standard InChI is InChI=1S/C22H27NO6/c1-26-22-17(23)12-18(27-13-15-8-4-2-5-9-15)20(24)19(29-22)14-28-21(25)16-10-6-3-7-11-16/h2-11,17-20,22,24H,12-14,23H2,1H3/t17?,18?,19-,20-,22-/m0/s1. The Morgan fingerprint density at radius 2 is 1.79 bits per heavy atom. The van der Waals surface area contributed by atoms with Crippen LogP contribution in [0.25, 0.3) is 0 Å². The molecule has 1 aliphatic rings. The highest BCUT2D eigenvalue weighted by molar-refractivity contribution is 5.89. The molecule has 2 aromatic rings. The fourth-order valence-corrected chi connectivity index (χ4v) is 3.24. The molecule has 3 N–H and O–H groups in total. The SMILES string of the molecule is CO[C@H]1O[C@@H](COC(=O)c2ccccc2)[C@@H](O)C(OCc2ccccc2)CC1N. The zero-order valence-corrected chi connectivity index (χ0v) is 16.3. The van der Waals surface area contributed by atoms with E-state index in [4.69, 9.17) is 24.7 Å². The Morgan fingerprint density at radius 1 is 1.14 bits per heavy atom. The van der Waals surface area contributed by atoms with Crippen LogP contribution in [0.2, 0.25) is 0 Å². The number of aliphatic hydroxyl groups is 1. The van der Waals surface area contributed by atoms with Gasteiger partial charge in [-0.05, 0) is 24.1 Å². The van der Waals surface area contributed by atoms with Gasteiger partial charge in [0.1, 0.15) is 18.8 Å².